The molecule has 146 valence electrons. The minimum Gasteiger partial charge on any atom is -0.468 e. The maximum Gasteiger partial charge on any atom is 0.416 e. The Kier molecular flexibility index (Phi) is 6.68. The lowest BCUT2D eigenvalue weighted by atomic mass is 9.85. The van der Waals surface area contributed by atoms with E-state index in [1.54, 1.807) is 0 Å². The van der Waals surface area contributed by atoms with E-state index in [1.807, 2.05) is 0 Å². The number of ether oxygens (including phenoxy) is 1. The van der Waals surface area contributed by atoms with Crippen LogP contribution in [-0.2, 0) is 25.7 Å². The van der Waals surface area contributed by atoms with Crippen LogP contribution in [0.4, 0.5) is 13.2 Å². The molecule has 1 saturated carbocycles. The lowest BCUT2D eigenvalue weighted by Crippen LogP contribution is -2.43. The van der Waals surface area contributed by atoms with Gasteiger partial charge in [0.25, 0.3) is 0 Å². The molecule has 0 aromatic heterocycles. The first-order valence-electron chi connectivity index (χ1n) is 8.41. The summed E-state index contributed by atoms with van der Waals surface area (Å²) < 4.78 is 70.3. The molecular formula is C17H22F3NO4S. The largest absolute Gasteiger partial charge is 0.468 e. The molecule has 1 aromatic rings. The van der Waals surface area contributed by atoms with Crippen LogP contribution in [0.3, 0.4) is 0 Å². The summed E-state index contributed by atoms with van der Waals surface area (Å²) in [6, 6.07) is 2.30. The van der Waals surface area contributed by atoms with Gasteiger partial charge in [-0.3, -0.25) is 4.79 Å². The maximum absolute atomic E-state index is 12.8. The molecule has 0 heterocycles. The zero-order valence-corrected chi connectivity index (χ0v) is 15.2. The summed E-state index contributed by atoms with van der Waals surface area (Å²) in [7, 11) is -3.15. The molecule has 0 amide bonds. The maximum atomic E-state index is 12.8. The van der Waals surface area contributed by atoms with Gasteiger partial charge in [0.05, 0.1) is 17.6 Å². The summed E-state index contributed by atoms with van der Waals surface area (Å²) >= 11 is 0. The molecule has 9 heteroatoms. The number of esters is 1. The van der Waals surface area contributed by atoms with Crippen LogP contribution in [0.5, 0.6) is 0 Å². The predicted molar refractivity (Wildman–Crippen MR) is 88.8 cm³/mol. The monoisotopic (exact) mass is 393 g/mol. The molecule has 1 atom stereocenters. The number of hydrogen-bond donors (Lipinski definition) is 1. The summed E-state index contributed by atoms with van der Waals surface area (Å²) in [5.41, 5.74) is -1.07. The van der Waals surface area contributed by atoms with Crippen molar-refractivity contribution >= 4 is 16.0 Å². The summed E-state index contributed by atoms with van der Waals surface area (Å²) in [4.78, 5) is 11.5. The van der Waals surface area contributed by atoms with Gasteiger partial charge in [-0.25, -0.2) is 8.42 Å². The fourth-order valence-corrected chi connectivity index (χ4v) is 4.43. The number of rotatable bonds is 6. The SMILES string of the molecule is COC(=O)C(CC1CCCCC1)NS(=O)(=O)c1cccc(C(F)(F)F)c1. The highest BCUT2D eigenvalue weighted by Crippen LogP contribution is 2.31. The minimum absolute atomic E-state index is 0.178. The molecule has 0 radical (unpaired) electrons. The normalized spacial score (nSPS) is 17.7. The number of benzene rings is 1. The smallest absolute Gasteiger partial charge is 0.416 e. The summed E-state index contributed by atoms with van der Waals surface area (Å²) in [6.45, 7) is 0. The quantitative estimate of drug-likeness (QED) is 0.751. The molecule has 1 unspecified atom stereocenters. The van der Waals surface area contributed by atoms with Crippen molar-refractivity contribution in [3.63, 3.8) is 0 Å². The highest BCUT2D eigenvalue weighted by atomic mass is 32.2. The highest BCUT2D eigenvalue weighted by molar-refractivity contribution is 7.89. The number of methoxy groups -OCH3 is 1. The first-order chi connectivity index (χ1) is 12.1. The van der Waals surface area contributed by atoms with Crippen molar-refractivity contribution in [1.82, 2.24) is 4.72 Å². The van der Waals surface area contributed by atoms with Crippen molar-refractivity contribution in [2.75, 3.05) is 7.11 Å². The second-order valence-electron chi connectivity index (χ2n) is 6.46. The van der Waals surface area contributed by atoms with Crippen LogP contribution in [0.1, 0.15) is 44.1 Å². The van der Waals surface area contributed by atoms with Gasteiger partial charge in [-0.05, 0) is 30.5 Å². The average Bonchev–Trinajstić information content (AvgIpc) is 2.60. The van der Waals surface area contributed by atoms with Crippen LogP contribution < -0.4 is 4.72 Å². The zero-order valence-electron chi connectivity index (χ0n) is 14.4. The van der Waals surface area contributed by atoms with Crippen molar-refractivity contribution in [3.05, 3.63) is 29.8 Å². The van der Waals surface area contributed by atoms with Crippen LogP contribution >= 0.6 is 0 Å². The molecule has 1 aromatic carbocycles. The fraction of sp³-hybridized carbons (Fsp3) is 0.588. The lowest BCUT2D eigenvalue weighted by Gasteiger charge is -2.25. The van der Waals surface area contributed by atoms with Crippen LogP contribution in [0.25, 0.3) is 0 Å². The molecule has 0 saturated heterocycles. The molecule has 1 fully saturated rings. The molecule has 2 rings (SSSR count). The minimum atomic E-state index is -4.66. The highest BCUT2D eigenvalue weighted by Gasteiger charge is 2.33. The van der Waals surface area contributed by atoms with Crippen molar-refractivity contribution in [1.29, 1.82) is 0 Å². The van der Waals surface area contributed by atoms with E-state index in [4.69, 9.17) is 0 Å². The molecule has 0 aliphatic heterocycles. The third-order valence-corrected chi connectivity index (χ3v) is 6.02. The second kappa shape index (κ2) is 8.39. The van der Waals surface area contributed by atoms with Crippen molar-refractivity contribution in [3.8, 4) is 0 Å². The van der Waals surface area contributed by atoms with Gasteiger partial charge in [0.2, 0.25) is 10.0 Å². The van der Waals surface area contributed by atoms with E-state index >= 15 is 0 Å². The van der Waals surface area contributed by atoms with Crippen LogP contribution in [0.15, 0.2) is 29.2 Å². The third-order valence-electron chi connectivity index (χ3n) is 4.55. The molecular weight excluding hydrogens is 371 g/mol. The fourth-order valence-electron chi connectivity index (χ4n) is 3.19. The molecule has 26 heavy (non-hydrogen) atoms. The second-order valence-corrected chi connectivity index (χ2v) is 8.18. The first-order valence-corrected chi connectivity index (χ1v) is 9.89. The molecule has 1 aliphatic rings. The van der Waals surface area contributed by atoms with Crippen molar-refractivity contribution < 1.29 is 31.1 Å². The van der Waals surface area contributed by atoms with Crippen molar-refractivity contribution in [2.45, 2.75) is 55.6 Å². The molecule has 1 N–H and O–H groups in total. The van der Waals surface area contributed by atoms with E-state index in [1.165, 1.54) is 0 Å². The Morgan fingerprint density at radius 2 is 1.92 bits per heavy atom. The van der Waals surface area contributed by atoms with Crippen LogP contribution in [-0.4, -0.2) is 27.5 Å². The van der Waals surface area contributed by atoms with Crippen molar-refractivity contribution in [2.24, 2.45) is 5.92 Å². The number of carbonyl (C=O) groups is 1. The van der Waals surface area contributed by atoms with Crippen LogP contribution in [0, 0.1) is 5.92 Å². The van der Waals surface area contributed by atoms with E-state index in [2.05, 4.69) is 9.46 Å². The summed E-state index contributed by atoms with van der Waals surface area (Å²) in [5.74, 6) is -0.566. The van der Waals surface area contributed by atoms with Gasteiger partial charge >= 0.3 is 12.1 Å². The Balaban J connectivity index is 2.21. The Morgan fingerprint density at radius 1 is 1.27 bits per heavy atom. The molecule has 0 bridgehead atoms. The van der Waals surface area contributed by atoms with E-state index in [9.17, 15) is 26.4 Å². The third kappa shape index (κ3) is 5.44. The molecule has 0 spiro atoms. The van der Waals surface area contributed by atoms with Crippen LogP contribution in [0.2, 0.25) is 0 Å². The Hall–Kier alpha value is -1.61. The van der Waals surface area contributed by atoms with Gasteiger partial charge in [0.1, 0.15) is 6.04 Å². The van der Waals surface area contributed by atoms with E-state index < -0.39 is 38.7 Å². The number of sulfonamides is 1. The number of halogens is 3. The van der Waals surface area contributed by atoms with Gasteiger partial charge in [-0.1, -0.05) is 38.2 Å². The van der Waals surface area contributed by atoms with Gasteiger partial charge in [0.15, 0.2) is 0 Å². The summed E-state index contributed by atoms with van der Waals surface area (Å²) in [6.07, 6.45) is 0.519. The van der Waals surface area contributed by atoms with Gasteiger partial charge < -0.3 is 4.74 Å². The standard InChI is InChI=1S/C17H22F3NO4S/c1-25-16(22)15(10-12-6-3-2-4-7-12)21-26(23,24)14-9-5-8-13(11-14)17(18,19)20/h5,8-9,11-12,15,21H,2-4,6-7,10H2,1H3. The number of nitrogens with one attached hydrogen (secondary N) is 1. The van der Waals surface area contributed by atoms with E-state index in [-0.39, 0.29) is 12.3 Å². The summed E-state index contributed by atoms with van der Waals surface area (Å²) in [5, 5.41) is 0. The van der Waals surface area contributed by atoms with E-state index in [0.29, 0.717) is 6.07 Å². The van der Waals surface area contributed by atoms with E-state index in [0.717, 1.165) is 57.4 Å². The predicted octanol–water partition coefficient (Wildman–Crippen LogP) is 3.50. The Labute approximate surface area is 151 Å². The van der Waals surface area contributed by atoms with Gasteiger partial charge in [0, 0.05) is 0 Å². The number of hydrogen-bond acceptors (Lipinski definition) is 4. The Bertz CT molecular complexity index is 728. The Morgan fingerprint density at radius 3 is 2.50 bits per heavy atom. The molecule has 1 aliphatic carbocycles. The first kappa shape index (κ1) is 20.7. The zero-order chi connectivity index (χ0) is 19.4. The topological polar surface area (TPSA) is 72.5 Å². The molecule has 5 nitrogen and oxygen atoms in total. The number of alkyl halides is 3. The number of carbonyl (C=O) groups excluding carboxylic acids is 1. The average molecular weight is 393 g/mol. The van der Waals surface area contributed by atoms with Gasteiger partial charge in [-0.2, -0.15) is 17.9 Å². The lowest BCUT2D eigenvalue weighted by molar-refractivity contribution is -0.143. The van der Waals surface area contributed by atoms with Gasteiger partial charge in [-0.15, -0.1) is 0 Å².